The topological polar surface area (TPSA) is 120 Å². The number of hydrogen-bond acceptors (Lipinski definition) is 6. The van der Waals surface area contributed by atoms with Crippen LogP contribution in [-0.4, -0.2) is 23.2 Å². The van der Waals surface area contributed by atoms with Crippen LogP contribution in [0, 0.1) is 0 Å². The minimum absolute atomic E-state index is 0. The first-order chi connectivity index (χ1) is 13.4. The van der Waals surface area contributed by atoms with Gasteiger partial charge in [0.15, 0.2) is 0 Å². The molecule has 29 heavy (non-hydrogen) atoms. The average Bonchev–Trinajstić information content (AvgIpc) is 2.67. The SMILES string of the molecule is O=S(=O)(O)c1cc(O)c(N=Nc2c(O)ccc3ccccc23)c2ccccc12.[Cr+2]. The Balaban J connectivity index is 0.00000240. The zero-order valence-corrected chi connectivity index (χ0v) is 16.8. The van der Waals surface area contributed by atoms with E-state index in [1.165, 1.54) is 12.1 Å². The molecule has 7 nitrogen and oxygen atoms in total. The maximum absolute atomic E-state index is 11.6. The Morgan fingerprint density at radius 1 is 0.690 bits per heavy atom. The van der Waals surface area contributed by atoms with Crippen LogP contribution >= 0.6 is 0 Å². The van der Waals surface area contributed by atoms with Crippen molar-refractivity contribution in [3.05, 3.63) is 66.7 Å². The van der Waals surface area contributed by atoms with E-state index in [2.05, 4.69) is 10.2 Å². The third-order valence-corrected chi connectivity index (χ3v) is 5.26. The summed E-state index contributed by atoms with van der Waals surface area (Å²) in [5, 5.41) is 30.7. The predicted molar refractivity (Wildman–Crippen MR) is 105 cm³/mol. The first-order valence-corrected chi connectivity index (χ1v) is 9.65. The number of fused-ring (bicyclic) bond motifs is 2. The summed E-state index contributed by atoms with van der Waals surface area (Å²) >= 11 is 0. The molecule has 3 N–H and O–H groups in total. The molecule has 0 atom stereocenters. The van der Waals surface area contributed by atoms with Crippen molar-refractivity contribution in [1.29, 1.82) is 0 Å². The van der Waals surface area contributed by atoms with Gasteiger partial charge < -0.3 is 10.2 Å². The first-order valence-electron chi connectivity index (χ1n) is 8.21. The van der Waals surface area contributed by atoms with Crippen molar-refractivity contribution in [1.82, 2.24) is 0 Å². The largest absolute Gasteiger partial charge is 2.00 e. The van der Waals surface area contributed by atoms with Gasteiger partial charge in [-0.25, -0.2) is 0 Å². The first kappa shape index (κ1) is 20.8. The van der Waals surface area contributed by atoms with E-state index in [0.29, 0.717) is 10.8 Å². The number of phenols is 2. The minimum Gasteiger partial charge on any atom is -0.506 e. The van der Waals surface area contributed by atoms with Gasteiger partial charge in [0, 0.05) is 22.2 Å². The number of azo groups is 1. The molecule has 0 spiro atoms. The van der Waals surface area contributed by atoms with Crippen molar-refractivity contribution in [3.8, 4) is 11.5 Å². The fourth-order valence-electron chi connectivity index (χ4n) is 3.08. The fraction of sp³-hybridized carbons (Fsp3) is 0. The van der Waals surface area contributed by atoms with Crippen LogP contribution in [0.3, 0.4) is 0 Å². The molecule has 0 saturated heterocycles. The van der Waals surface area contributed by atoms with E-state index in [-0.39, 0.29) is 39.9 Å². The maximum Gasteiger partial charge on any atom is 2.00 e. The van der Waals surface area contributed by atoms with Gasteiger partial charge in [0.1, 0.15) is 27.8 Å². The van der Waals surface area contributed by atoms with Gasteiger partial charge in [0.2, 0.25) is 0 Å². The molecule has 0 saturated carbocycles. The number of aromatic hydroxyl groups is 2. The molecule has 4 aromatic rings. The van der Waals surface area contributed by atoms with E-state index < -0.39 is 20.8 Å². The van der Waals surface area contributed by atoms with Gasteiger partial charge >= 0.3 is 17.4 Å². The summed E-state index contributed by atoms with van der Waals surface area (Å²) in [5.74, 6) is -0.546. The Kier molecular flexibility index (Phi) is 5.60. The van der Waals surface area contributed by atoms with E-state index >= 15 is 0 Å². The van der Waals surface area contributed by atoms with E-state index in [9.17, 15) is 23.2 Å². The van der Waals surface area contributed by atoms with Crippen molar-refractivity contribution in [2.75, 3.05) is 0 Å². The number of benzene rings is 4. The van der Waals surface area contributed by atoms with E-state index in [1.54, 1.807) is 36.4 Å². The molecule has 0 aliphatic heterocycles. The van der Waals surface area contributed by atoms with Gasteiger partial charge in [-0.05, 0) is 11.5 Å². The Morgan fingerprint density at radius 3 is 1.90 bits per heavy atom. The van der Waals surface area contributed by atoms with Crippen LogP contribution in [0.4, 0.5) is 11.4 Å². The minimum atomic E-state index is -4.54. The third kappa shape index (κ3) is 3.81. The van der Waals surface area contributed by atoms with Crippen molar-refractivity contribution >= 4 is 43.0 Å². The summed E-state index contributed by atoms with van der Waals surface area (Å²) in [5.41, 5.74) is 0.246. The van der Waals surface area contributed by atoms with Crippen LogP contribution in [-0.2, 0) is 27.5 Å². The fourth-order valence-corrected chi connectivity index (χ4v) is 3.80. The van der Waals surface area contributed by atoms with Crippen LogP contribution in [0.25, 0.3) is 21.5 Å². The van der Waals surface area contributed by atoms with E-state index in [0.717, 1.165) is 11.5 Å². The second-order valence-electron chi connectivity index (χ2n) is 6.12. The van der Waals surface area contributed by atoms with E-state index in [1.807, 2.05) is 12.1 Å². The zero-order chi connectivity index (χ0) is 19.9. The standard InChI is InChI=1S/C20H14N2O5S.Cr/c23-16-10-9-12-5-1-2-6-13(12)19(16)21-22-20-15-8-4-3-7-14(15)18(11-17(20)24)28(25,26)27;/h1-11,23-24H,(H,25,26,27);/q;+2. The van der Waals surface area contributed by atoms with Crippen molar-refractivity contribution < 1.29 is 40.5 Å². The monoisotopic (exact) mass is 446 g/mol. The molecule has 4 rings (SSSR count). The Morgan fingerprint density at radius 2 is 1.24 bits per heavy atom. The molecule has 0 amide bonds. The number of nitrogens with zero attached hydrogens (tertiary/aromatic N) is 2. The Hall–Kier alpha value is -2.96. The van der Waals surface area contributed by atoms with Crippen molar-refractivity contribution in [3.63, 3.8) is 0 Å². The molecule has 4 aromatic carbocycles. The molecule has 0 aliphatic carbocycles. The number of rotatable bonds is 3. The van der Waals surface area contributed by atoms with Gasteiger partial charge in [-0.3, -0.25) is 4.55 Å². The molecule has 0 aromatic heterocycles. The third-order valence-electron chi connectivity index (χ3n) is 4.37. The number of phenolic OH excluding ortho intramolecular Hbond substituents is 2. The average molecular weight is 446 g/mol. The van der Waals surface area contributed by atoms with Crippen molar-refractivity contribution in [2.24, 2.45) is 10.2 Å². The normalized spacial score (nSPS) is 11.8. The number of hydrogen-bond donors (Lipinski definition) is 3. The quantitative estimate of drug-likeness (QED) is 0.300. The summed E-state index contributed by atoms with van der Waals surface area (Å²) < 4.78 is 32.7. The van der Waals surface area contributed by atoms with Crippen LogP contribution in [0.2, 0.25) is 0 Å². The second kappa shape index (κ2) is 7.81. The molecule has 0 radical (unpaired) electrons. The van der Waals surface area contributed by atoms with E-state index in [4.69, 9.17) is 0 Å². The molecule has 0 unspecified atom stereocenters. The summed E-state index contributed by atoms with van der Waals surface area (Å²) in [4.78, 5) is -0.424. The second-order valence-corrected chi connectivity index (χ2v) is 7.51. The molecule has 0 bridgehead atoms. The van der Waals surface area contributed by atoms with Gasteiger partial charge in [-0.1, -0.05) is 54.6 Å². The van der Waals surface area contributed by atoms with Crippen LogP contribution < -0.4 is 0 Å². The van der Waals surface area contributed by atoms with Gasteiger partial charge in [-0.15, -0.1) is 10.2 Å². The van der Waals surface area contributed by atoms with Crippen LogP contribution in [0.5, 0.6) is 11.5 Å². The summed E-state index contributed by atoms with van der Waals surface area (Å²) in [6, 6.07) is 17.8. The van der Waals surface area contributed by atoms with Gasteiger partial charge in [0.25, 0.3) is 10.1 Å². The van der Waals surface area contributed by atoms with Crippen LogP contribution in [0.1, 0.15) is 0 Å². The van der Waals surface area contributed by atoms with Gasteiger partial charge in [0.05, 0.1) is 0 Å². The summed E-state index contributed by atoms with van der Waals surface area (Å²) in [6.45, 7) is 0. The molecular weight excluding hydrogens is 432 g/mol. The Labute approximate surface area is 176 Å². The van der Waals surface area contributed by atoms with Gasteiger partial charge in [-0.2, -0.15) is 8.42 Å². The Bertz CT molecular complexity index is 1370. The molecular formula is C20H14CrN2O5S+2. The molecule has 144 valence electrons. The molecule has 0 aliphatic rings. The van der Waals surface area contributed by atoms with Crippen molar-refractivity contribution in [2.45, 2.75) is 4.90 Å². The smallest absolute Gasteiger partial charge is 0.506 e. The van der Waals surface area contributed by atoms with Crippen LogP contribution in [0.15, 0.2) is 81.9 Å². The zero-order valence-electron chi connectivity index (χ0n) is 14.7. The predicted octanol–water partition coefficient (Wildman–Crippen LogP) is 5.06. The molecule has 9 heteroatoms. The summed E-state index contributed by atoms with van der Waals surface area (Å²) in [6.07, 6.45) is 0. The summed E-state index contributed by atoms with van der Waals surface area (Å²) in [7, 11) is -4.54. The molecule has 0 heterocycles. The molecule has 0 fully saturated rings. The maximum atomic E-state index is 11.6.